The fourth-order valence-electron chi connectivity index (χ4n) is 4.26. The second kappa shape index (κ2) is 5.41. The molecule has 1 atom stereocenters. The molecule has 0 saturated heterocycles. The topological polar surface area (TPSA) is 66.4 Å². The van der Waals surface area contributed by atoms with Gasteiger partial charge in [-0.1, -0.05) is 30.3 Å². The molecule has 2 aliphatic rings. The Hall–Kier alpha value is -2.69. The highest BCUT2D eigenvalue weighted by Crippen LogP contribution is 2.63. The molecular weight excluding hydrogens is 321 g/mol. The number of carboxylic acid groups (broad SMARTS) is 1. The second-order valence-electron chi connectivity index (χ2n) is 6.99. The highest BCUT2D eigenvalue weighted by atomic mass is 19.1. The first-order chi connectivity index (χ1) is 12.0. The smallest absolute Gasteiger partial charge is 0.405 e. The van der Waals surface area contributed by atoms with E-state index in [2.05, 4.69) is 5.32 Å². The van der Waals surface area contributed by atoms with Crippen molar-refractivity contribution in [1.29, 1.82) is 0 Å². The zero-order valence-electron chi connectivity index (χ0n) is 13.6. The Labute approximate surface area is 144 Å². The lowest BCUT2D eigenvalue weighted by Gasteiger charge is -2.42. The summed E-state index contributed by atoms with van der Waals surface area (Å²) in [5.74, 6) is -0.345. The predicted molar refractivity (Wildman–Crippen MR) is 90.7 cm³/mol. The van der Waals surface area contributed by atoms with Crippen LogP contribution in [-0.2, 0) is 16.8 Å². The van der Waals surface area contributed by atoms with Gasteiger partial charge in [-0.15, -0.1) is 0 Å². The average Bonchev–Trinajstić information content (AvgIpc) is 3.39. The van der Waals surface area contributed by atoms with Crippen molar-refractivity contribution in [3.05, 3.63) is 59.4 Å². The molecule has 5 heteroatoms. The van der Waals surface area contributed by atoms with Gasteiger partial charge in [0.1, 0.15) is 11.4 Å². The number of aryl methyl sites for hydroxylation is 1. The van der Waals surface area contributed by atoms with Crippen LogP contribution in [0.15, 0.2) is 42.5 Å². The molecule has 0 aliphatic heterocycles. The third-order valence-electron chi connectivity index (χ3n) is 5.76. The second-order valence-corrected chi connectivity index (χ2v) is 6.99. The summed E-state index contributed by atoms with van der Waals surface area (Å²) >= 11 is 0. The summed E-state index contributed by atoms with van der Waals surface area (Å²) in [5, 5.41) is 11.9. The maximum atomic E-state index is 14.2. The number of hydrogen-bond donors (Lipinski definition) is 2. The first kappa shape index (κ1) is 15.8. The summed E-state index contributed by atoms with van der Waals surface area (Å²) in [6.07, 6.45) is 2.71. The molecule has 2 aromatic carbocycles. The molecule has 2 aliphatic carbocycles. The Bertz CT molecular complexity index is 875. The molecule has 0 aromatic heterocycles. The molecule has 1 fully saturated rings. The molecule has 2 N–H and O–H groups in total. The minimum Gasteiger partial charge on any atom is -0.465 e. The van der Waals surface area contributed by atoms with Crippen molar-refractivity contribution in [3.8, 4) is 11.1 Å². The van der Waals surface area contributed by atoms with Gasteiger partial charge in [0.15, 0.2) is 6.29 Å². The first-order valence-corrected chi connectivity index (χ1v) is 8.37. The first-order valence-electron chi connectivity index (χ1n) is 8.37. The van der Waals surface area contributed by atoms with Gasteiger partial charge in [-0.3, -0.25) is 0 Å². The maximum Gasteiger partial charge on any atom is 0.405 e. The molecule has 0 bridgehead atoms. The molecule has 25 heavy (non-hydrogen) atoms. The lowest BCUT2D eigenvalue weighted by atomic mass is 9.66. The van der Waals surface area contributed by atoms with E-state index in [0.29, 0.717) is 16.7 Å². The number of fused-ring (bicyclic) bond motifs is 1. The van der Waals surface area contributed by atoms with Crippen molar-refractivity contribution >= 4 is 12.4 Å². The molecule has 128 valence electrons. The van der Waals surface area contributed by atoms with E-state index < -0.39 is 11.6 Å². The Morgan fingerprint density at radius 1 is 1.16 bits per heavy atom. The van der Waals surface area contributed by atoms with Gasteiger partial charge < -0.3 is 15.2 Å². The number of nitrogens with one attached hydrogen (secondary N) is 1. The summed E-state index contributed by atoms with van der Waals surface area (Å²) < 4.78 is 14.2. The maximum absolute atomic E-state index is 14.2. The van der Waals surface area contributed by atoms with Crippen molar-refractivity contribution in [1.82, 2.24) is 5.32 Å². The van der Waals surface area contributed by atoms with E-state index in [4.69, 9.17) is 0 Å². The zero-order valence-corrected chi connectivity index (χ0v) is 13.6. The molecular formula is C20H18FNO3. The molecule has 0 radical (unpaired) electrons. The van der Waals surface area contributed by atoms with Crippen LogP contribution < -0.4 is 5.32 Å². The third-order valence-corrected chi connectivity index (χ3v) is 5.76. The Morgan fingerprint density at radius 3 is 2.56 bits per heavy atom. The SMILES string of the molecule is O=C[C@@]1(NC(=O)O)c2cc(-c3ccccc3F)ccc2CCC12CC2. The average molecular weight is 339 g/mol. The van der Waals surface area contributed by atoms with Gasteiger partial charge in [0.25, 0.3) is 0 Å². The van der Waals surface area contributed by atoms with E-state index in [1.807, 2.05) is 12.1 Å². The summed E-state index contributed by atoms with van der Waals surface area (Å²) in [7, 11) is 0. The molecule has 1 spiro atoms. The van der Waals surface area contributed by atoms with Crippen molar-refractivity contribution in [2.45, 2.75) is 31.2 Å². The highest BCUT2D eigenvalue weighted by molar-refractivity contribution is 5.81. The zero-order chi connectivity index (χ0) is 17.7. The van der Waals surface area contributed by atoms with E-state index in [0.717, 1.165) is 37.5 Å². The van der Waals surface area contributed by atoms with Gasteiger partial charge in [0.2, 0.25) is 0 Å². The Kier molecular flexibility index (Phi) is 3.42. The number of carbonyl (C=O) groups is 2. The predicted octanol–water partition coefficient (Wildman–Crippen LogP) is 3.88. The molecule has 4 rings (SSSR count). The molecule has 2 aromatic rings. The van der Waals surface area contributed by atoms with E-state index in [1.54, 1.807) is 24.3 Å². The summed E-state index contributed by atoms with van der Waals surface area (Å²) in [4.78, 5) is 23.6. The van der Waals surface area contributed by atoms with E-state index in [9.17, 15) is 19.1 Å². The normalized spacial score (nSPS) is 22.9. The number of carbonyl (C=O) groups excluding carboxylic acids is 1. The van der Waals surface area contributed by atoms with Crippen molar-refractivity contribution < 1.29 is 19.1 Å². The van der Waals surface area contributed by atoms with Crippen LogP contribution in [0.5, 0.6) is 0 Å². The van der Waals surface area contributed by atoms with Gasteiger partial charge in [-0.2, -0.15) is 0 Å². The van der Waals surface area contributed by atoms with Gasteiger partial charge in [0.05, 0.1) is 0 Å². The summed E-state index contributed by atoms with van der Waals surface area (Å²) in [6, 6.07) is 11.9. The van der Waals surface area contributed by atoms with E-state index >= 15 is 0 Å². The molecule has 4 nitrogen and oxygen atoms in total. The number of amides is 1. The lowest BCUT2D eigenvalue weighted by Crippen LogP contribution is -2.55. The van der Waals surface area contributed by atoms with Gasteiger partial charge in [-0.05, 0) is 54.5 Å². The van der Waals surface area contributed by atoms with Crippen LogP contribution in [0.2, 0.25) is 0 Å². The van der Waals surface area contributed by atoms with E-state index in [1.165, 1.54) is 6.07 Å². The van der Waals surface area contributed by atoms with Crippen LogP contribution >= 0.6 is 0 Å². The van der Waals surface area contributed by atoms with Crippen molar-refractivity contribution in [2.24, 2.45) is 5.41 Å². The number of halogens is 1. The Balaban J connectivity index is 1.91. The quantitative estimate of drug-likeness (QED) is 0.834. The number of rotatable bonds is 3. The van der Waals surface area contributed by atoms with Gasteiger partial charge in [-0.25, -0.2) is 9.18 Å². The van der Waals surface area contributed by atoms with Gasteiger partial charge in [0, 0.05) is 11.0 Å². The largest absolute Gasteiger partial charge is 0.465 e. The van der Waals surface area contributed by atoms with Crippen molar-refractivity contribution in [2.75, 3.05) is 0 Å². The lowest BCUT2D eigenvalue weighted by molar-refractivity contribution is -0.116. The van der Waals surface area contributed by atoms with Crippen LogP contribution in [0, 0.1) is 11.2 Å². The number of aldehydes is 1. The monoisotopic (exact) mass is 339 g/mol. The minimum atomic E-state index is -1.26. The van der Waals surface area contributed by atoms with Crippen molar-refractivity contribution in [3.63, 3.8) is 0 Å². The molecule has 0 unspecified atom stereocenters. The minimum absolute atomic E-state index is 0.345. The van der Waals surface area contributed by atoms with Crippen LogP contribution in [0.25, 0.3) is 11.1 Å². The standard InChI is InChI=1S/C20H18FNO3/c21-17-4-2-1-3-15(17)14-6-5-13-7-8-19(9-10-19)20(12-23,16(13)11-14)22-18(24)25/h1-6,11-12,22H,7-10H2,(H,24,25)/t20-/m1/s1. The van der Waals surface area contributed by atoms with Crippen LogP contribution in [0.4, 0.5) is 9.18 Å². The van der Waals surface area contributed by atoms with Crippen LogP contribution in [0.3, 0.4) is 0 Å². The summed E-state index contributed by atoms with van der Waals surface area (Å²) in [5.41, 5.74) is 1.08. The fraction of sp³-hybridized carbons (Fsp3) is 0.300. The number of benzene rings is 2. The highest BCUT2D eigenvalue weighted by Gasteiger charge is 2.63. The number of hydrogen-bond acceptors (Lipinski definition) is 2. The third kappa shape index (κ3) is 2.26. The molecule has 1 amide bonds. The molecule has 0 heterocycles. The fourth-order valence-corrected chi connectivity index (χ4v) is 4.26. The van der Waals surface area contributed by atoms with Crippen LogP contribution in [-0.4, -0.2) is 17.5 Å². The van der Waals surface area contributed by atoms with Crippen LogP contribution in [0.1, 0.15) is 30.4 Å². The summed E-state index contributed by atoms with van der Waals surface area (Å²) in [6.45, 7) is 0. The van der Waals surface area contributed by atoms with E-state index in [-0.39, 0.29) is 11.2 Å². The molecule has 1 saturated carbocycles. The van der Waals surface area contributed by atoms with Gasteiger partial charge >= 0.3 is 6.09 Å². The Morgan fingerprint density at radius 2 is 1.92 bits per heavy atom.